The van der Waals surface area contributed by atoms with Crippen molar-refractivity contribution in [2.45, 2.75) is 50.0 Å². The maximum atomic E-state index is 12.1. The molecular weight excluding hydrogens is 670 g/mol. The van der Waals surface area contributed by atoms with Gasteiger partial charge < -0.3 is 39.6 Å². The molecule has 0 aliphatic carbocycles. The summed E-state index contributed by atoms with van der Waals surface area (Å²) in [5.41, 5.74) is 1.62. The molecule has 14 heteroatoms. The second kappa shape index (κ2) is 15.2. The summed E-state index contributed by atoms with van der Waals surface area (Å²) in [4.78, 5) is 14.7. The van der Waals surface area contributed by atoms with Gasteiger partial charge in [-0.15, -0.1) is 0 Å². The second-order valence-electron chi connectivity index (χ2n) is 12.1. The van der Waals surface area contributed by atoms with Crippen molar-refractivity contribution in [3.63, 3.8) is 0 Å². The van der Waals surface area contributed by atoms with Crippen LogP contribution in [0.4, 0.5) is 0 Å². The summed E-state index contributed by atoms with van der Waals surface area (Å²) in [6.07, 6.45) is 5.43. The molecular formula is C36H37NO12S. The highest BCUT2D eigenvalue weighted by molar-refractivity contribution is 7.79. The lowest BCUT2D eigenvalue weighted by molar-refractivity contribution is -0.0426. The highest BCUT2D eigenvalue weighted by Gasteiger charge is 2.39. The molecule has 3 heterocycles. The lowest BCUT2D eigenvalue weighted by Gasteiger charge is -2.38. The van der Waals surface area contributed by atoms with Crippen LogP contribution in [0.3, 0.4) is 0 Å². The van der Waals surface area contributed by atoms with Crippen molar-refractivity contribution in [3.8, 4) is 40.1 Å². The van der Waals surface area contributed by atoms with Crippen LogP contribution in [-0.4, -0.2) is 73.2 Å². The molecule has 2 saturated heterocycles. The highest BCUT2D eigenvalue weighted by atomic mass is 32.3. The first-order valence-corrected chi connectivity index (χ1v) is 17.0. The number of hydrogen-bond donors (Lipinski definition) is 7. The van der Waals surface area contributed by atoms with Crippen molar-refractivity contribution in [1.82, 2.24) is 4.90 Å². The number of aromatic hydroxyl groups is 5. The van der Waals surface area contributed by atoms with Crippen molar-refractivity contribution in [3.05, 3.63) is 112 Å². The number of ether oxygens (including phenoxy) is 1. The Hall–Kier alpha value is -5.12. The van der Waals surface area contributed by atoms with Crippen LogP contribution < -0.4 is 5.43 Å². The lowest BCUT2D eigenvalue weighted by atomic mass is 9.97. The standard InChI is InChI=1S/C21H25NO.C15H10O7.H2O4S/c1-22-18-12-13-19(22)15-20(14-18)23-21(16-8-4-2-5-9-16)17-10-6-3-7-11-17;16-7-4-10(19)12-11(5-7)22-15(14(21)13(12)20)6-1-2-8(17)9(18)3-6;1-5(2,3)4/h2-11,18-21H,12-15H2,1H3;1-5,16-19,21H;(H2,1,2,3,4). The Morgan fingerprint density at radius 3 is 1.82 bits per heavy atom. The molecule has 2 fully saturated rings. The van der Waals surface area contributed by atoms with Gasteiger partial charge in [0, 0.05) is 29.8 Å². The van der Waals surface area contributed by atoms with Gasteiger partial charge in [-0.05, 0) is 62.1 Å². The van der Waals surface area contributed by atoms with Gasteiger partial charge in [0.1, 0.15) is 28.6 Å². The number of fused-ring (bicyclic) bond motifs is 3. The van der Waals surface area contributed by atoms with Gasteiger partial charge in [0.25, 0.3) is 0 Å². The van der Waals surface area contributed by atoms with E-state index in [9.17, 15) is 30.3 Å². The summed E-state index contributed by atoms with van der Waals surface area (Å²) in [5.74, 6) is -2.71. The molecule has 2 atom stereocenters. The monoisotopic (exact) mass is 707 g/mol. The summed E-state index contributed by atoms with van der Waals surface area (Å²) in [6, 6.07) is 28.4. The Kier molecular flexibility index (Phi) is 11.0. The summed E-state index contributed by atoms with van der Waals surface area (Å²) >= 11 is 0. The van der Waals surface area contributed by atoms with Crippen LogP contribution in [0, 0.1) is 0 Å². The van der Waals surface area contributed by atoms with E-state index in [0.717, 1.165) is 24.3 Å². The lowest BCUT2D eigenvalue weighted by Crippen LogP contribution is -2.43. The molecule has 7 rings (SSSR count). The fraction of sp³-hybridized carbons (Fsp3) is 0.250. The minimum Gasteiger partial charge on any atom is -0.508 e. The Morgan fingerprint density at radius 2 is 1.30 bits per heavy atom. The first-order chi connectivity index (χ1) is 23.7. The molecule has 4 aromatic carbocycles. The van der Waals surface area contributed by atoms with Crippen molar-refractivity contribution in [2.75, 3.05) is 7.05 Å². The third-order valence-electron chi connectivity index (χ3n) is 8.76. The van der Waals surface area contributed by atoms with Gasteiger partial charge in [-0.25, -0.2) is 0 Å². The summed E-state index contributed by atoms with van der Waals surface area (Å²) in [6.45, 7) is 0. The van der Waals surface area contributed by atoms with E-state index in [1.807, 2.05) is 0 Å². The minimum atomic E-state index is -4.67. The van der Waals surface area contributed by atoms with E-state index in [1.54, 1.807) is 0 Å². The number of piperidine rings is 1. The van der Waals surface area contributed by atoms with Crippen molar-refractivity contribution < 1.29 is 52.2 Å². The zero-order valence-electron chi connectivity index (χ0n) is 26.8. The largest absolute Gasteiger partial charge is 0.508 e. The van der Waals surface area contributed by atoms with Crippen LogP contribution in [0.1, 0.15) is 42.9 Å². The maximum Gasteiger partial charge on any atom is 0.394 e. The first-order valence-electron chi connectivity index (χ1n) is 15.6. The van der Waals surface area contributed by atoms with E-state index in [-0.39, 0.29) is 39.9 Å². The Bertz CT molecular complexity index is 2040. The zero-order valence-corrected chi connectivity index (χ0v) is 27.6. The van der Waals surface area contributed by atoms with Gasteiger partial charge in [0.2, 0.25) is 11.2 Å². The molecule has 0 spiro atoms. The van der Waals surface area contributed by atoms with E-state index in [2.05, 4.69) is 72.6 Å². The van der Waals surface area contributed by atoms with Crippen molar-refractivity contribution >= 4 is 21.4 Å². The van der Waals surface area contributed by atoms with Gasteiger partial charge in [-0.2, -0.15) is 8.42 Å². The Labute approximate surface area is 287 Å². The van der Waals surface area contributed by atoms with E-state index in [0.29, 0.717) is 18.2 Å². The molecule has 7 N–H and O–H groups in total. The summed E-state index contributed by atoms with van der Waals surface area (Å²) < 4.78 is 43.6. The molecule has 0 saturated carbocycles. The Balaban J connectivity index is 0.000000172. The predicted molar refractivity (Wildman–Crippen MR) is 184 cm³/mol. The average Bonchev–Trinajstić information content (AvgIpc) is 3.26. The molecule has 13 nitrogen and oxygen atoms in total. The van der Waals surface area contributed by atoms with E-state index in [4.69, 9.17) is 26.7 Å². The van der Waals surface area contributed by atoms with Crippen molar-refractivity contribution in [1.29, 1.82) is 0 Å². The molecule has 5 aromatic rings. The smallest absolute Gasteiger partial charge is 0.394 e. The van der Waals surface area contributed by atoms with Crippen molar-refractivity contribution in [2.24, 2.45) is 0 Å². The Morgan fingerprint density at radius 1 is 0.760 bits per heavy atom. The van der Waals surface area contributed by atoms with E-state index >= 15 is 0 Å². The third kappa shape index (κ3) is 8.72. The predicted octanol–water partition coefficient (Wildman–Crippen LogP) is 5.75. The SMILES string of the molecule is CN1C2CCC1CC(OC(c1ccccc1)c1ccccc1)C2.O=S(=O)(O)O.O=c1c(O)c(-c2ccc(O)c(O)c2)oc2cc(O)cc(O)c12. The van der Waals surface area contributed by atoms with Gasteiger partial charge in [0.15, 0.2) is 17.3 Å². The maximum absolute atomic E-state index is 12.1. The third-order valence-corrected chi connectivity index (χ3v) is 8.76. The van der Waals surface area contributed by atoms with Crippen LogP contribution >= 0.6 is 0 Å². The molecule has 2 aliphatic rings. The zero-order chi connectivity index (χ0) is 36.2. The number of hydrogen-bond acceptors (Lipinski definition) is 11. The first kappa shape index (κ1) is 36.2. The van der Waals surface area contributed by atoms with Crippen LogP contribution in [0.25, 0.3) is 22.3 Å². The molecule has 1 aromatic heterocycles. The van der Waals surface area contributed by atoms with E-state index < -0.39 is 33.1 Å². The van der Waals surface area contributed by atoms with Gasteiger partial charge >= 0.3 is 10.4 Å². The molecule has 0 radical (unpaired) electrons. The second-order valence-corrected chi connectivity index (χ2v) is 13.0. The van der Waals surface area contributed by atoms with Crippen LogP contribution in [-0.2, 0) is 15.1 Å². The van der Waals surface area contributed by atoms with Crippen LogP contribution in [0.5, 0.6) is 28.7 Å². The fourth-order valence-electron chi connectivity index (χ4n) is 6.41. The minimum absolute atomic E-state index is 0.0465. The topological polar surface area (TPSA) is 218 Å². The van der Waals surface area contributed by atoms with Crippen LogP contribution in [0.2, 0.25) is 0 Å². The molecule has 2 unspecified atom stereocenters. The quantitative estimate of drug-likeness (QED) is 0.0856. The number of phenols is 4. The van der Waals surface area contributed by atoms with Gasteiger partial charge in [-0.1, -0.05) is 60.7 Å². The van der Waals surface area contributed by atoms with E-state index in [1.165, 1.54) is 42.9 Å². The number of nitrogens with zero attached hydrogens (tertiary/aromatic N) is 1. The number of benzene rings is 4. The number of rotatable bonds is 5. The molecule has 264 valence electrons. The average molecular weight is 708 g/mol. The molecule has 50 heavy (non-hydrogen) atoms. The van der Waals surface area contributed by atoms with Crippen LogP contribution in [0.15, 0.2) is 100 Å². The highest BCUT2D eigenvalue weighted by Crippen LogP contribution is 2.39. The molecule has 0 amide bonds. The molecule has 2 aliphatic heterocycles. The number of phenolic OH excluding ortho intramolecular Hbond substituents is 4. The summed E-state index contributed by atoms with van der Waals surface area (Å²) in [5, 5.41) is 47.6. The molecule has 2 bridgehead atoms. The normalized spacial score (nSPS) is 18.6. The van der Waals surface area contributed by atoms with Gasteiger partial charge in [-0.3, -0.25) is 13.9 Å². The fourth-order valence-corrected chi connectivity index (χ4v) is 6.41. The summed E-state index contributed by atoms with van der Waals surface area (Å²) in [7, 11) is -2.38. The van der Waals surface area contributed by atoms with Gasteiger partial charge in [0.05, 0.1) is 6.10 Å².